The predicted molar refractivity (Wildman–Crippen MR) is 108 cm³/mol. The van der Waals surface area contributed by atoms with Gasteiger partial charge < -0.3 is 4.74 Å². The number of nitrogens with zero attached hydrogens (tertiary/aromatic N) is 2. The largest absolute Gasteiger partial charge is 0.497 e. The second-order valence-electron chi connectivity index (χ2n) is 6.08. The lowest BCUT2D eigenvalue weighted by Gasteiger charge is -2.18. The molecule has 0 radical (unpaired) electrons. The second-order valence-corrected chi connectivity index (χ2v) is 6.08. The van der Waals surface area contributed by atoms with Crippen LogP contribution in [0.4, 0.5) is 5.69 Å². The van der Waals surface area contributed by atoms with Gasteiger partial charge in [0, 0.05) is 5.56 Å². The van der Waals surface area contributed by atoms with Crippen molar-refractivity contribution in [3.8, 4) is 5.75 Å². The highest BCUT2D eigenvalue weighted by atomic mass is 16.5. The molecule has 0 fully saturated rings. The molecule has 0 saturated carbocycles. The van der Waals surface area contributed by atoms with Crippen LogP contribution in [0.25, 0.3) is 6.08 Å². The van der Waals surface area contributed by atoms with E-state index in [1.165, 1.54) is 0 Å². The van der Waals surface area contributed by atoms with Gasteiger partial charge in [0.05, 0.1) is 12.8 Å². The summed E-state index contributed by atoms with van der Waals surface area (Å²) in [5, 5.41) is 0. The molecule has 1 aliphatic heterocycles. The number of benzene rings is 3. The van der Waals surface area contributed by atoms with E-state index in [1.807, 2.05) is 91.0 Å². The van der Waals surface area contributed by atoms with Crippen molar-refractivity contribution in [3.05, 3.63) is 102 Å². The van der Waals surface area contributed by atoms with Gasteiger partial charge >= 0.3 is 0 Å². The van der Waals surface area contributed by atoms with Crippen molar-refractivity contribution in [2.75, 3.05) is 12.0 Å². The predicted octanol–water partition coefficient (Wildman–Crippen LogP) is 4.53. The zero-order chi connectivity index (χ0) is 18.6. The smallest absolute Gasteiger partial charge is 0.282 e. The van der Waals surface area contributed by atoms with Crippen LogP contribution in [0.1, 0.15) is 11.1 Å². The first kappa shape index (κ1) is 16.8. The van der Waals surface area contributed by atoms with Crippen LogP contribution >= 0.6 is 0 Å². The summed E-state index contributed by atoms with van der Waals surface area (Å²) in [5.41, 5.74) is 2.99. The third-order valence-corrected chi connectivity index (χ3v) is 4.33. The number of hydrogen-bond donors (Lipinski definition) is 0. The van der Waals surface area contributed by atoms with Crippen molar-refractivity contribution in [1.29, 1.82) is 0 Å². The SMILES string of the molecule is COc1ccc(N2C(=O)/C(=C\c3ccccc3)N=C2c2ccccc2)cc1. The first-order valence-electron chi connectivity index (χ1n) is 8.65. The number of aliphatic imine (C=N–C) groups is 1. The highest BCUT2D eigenvalue weighted by Gasteiger charge is 2.32. The van der Waals surface area contributed by atoms with E-state index in [9.17, 15) is 4.79 Å². The molecule has 1 amide bonds. The minimum absolute atomic E-state index is 0.150. The van der Waals surface area contributed by atoms with Gasteiger partial charge in [-0.15, -0.1) is 0 Å². The molecule has 0 aromatic heterocycles. The standard InChI is InChI=1S/C23H18N2O2/c1-27-20-14-12-19(13-15-20)25-22(18-10-6-3-7-11-18)24-21(23(25)26)16-17-8-4-2-5-9-17/h2-16H,1H3/b21-16+. The van der Waals surface area contributed by atoms with Gasteiger partial charge in [-0.2, -0.15) is 0 Å². The molecular weight excluding hydrogens is 336 g/mol. The molecule has 0 atom stereocenters. The van der Waals surface area contributed by atoms with Crippen LogP contribution in [0.5, 0.6) is 5.75 Å². The molecule has 0 bridgehead atoms. The van der Waals surface area contributed by atoms with Crippen LogP contribution in [-0.4, -0.2) is 18.9 Å². The maximum atomic E-state index is 13.2. The number of rotatable bonds is 4. The molecular formula is C23H18N2O2. The second kappa shape index (κ2) is 7.30. The number of ether oxygens (including phenoxy) is 1. The summed E-state index contributed by atoms with van der Waals surface area (Å²) in [6.45, 7) is 0. The Morgan fingerprint density at radius 2 is 1.48 bits per heavy atom. The summed E-state index contributed by atoms with van der Waals surface area (Å²) < 4.78 is 5.23. The summed E-state index contributed by atoms with van der Waals surface area (Å²) in [6, 6.07) is 26.9. The van der Waals surface area contributed by atoms with E-state index in [1.54, 1.807) is 12.0 Å². The van der Waals surface area contributed by atoms with Crippen molar-refractivity contribution >= 4 is 23.5 Å². The molecule has 0 saturated heterocycles. The Morgan fingerprint density at radius 1 is 0.852 bits per heavy atom. The third kappa shape index (κ3) is 3.37. The topological polar surface area (TPSA) is 41.9 Å². The van der Waals surface area contributed by atoms with E-state index >= 15 is 0 Å². The van der Waals surface area contributed by atoms with Gasteiger partial charge in [-0.05, 0) is 35.9 Å². The van der Waals surface area contributed by atoms with Crippen LogP contribution in [0.3, 0.4) is 0 Å². The Balaban J connectivity index is 1.80. The third-order valence-electron chi connectivity index (χ3n) is 4.33. The first-order valence-corrected chi connectivity index (χ1v) is 8.65. The van der Waals surface area contributed by atoms with Crippen molar-refractivity contribution in [2.24, 2.45) is 4.99 Å². The maximum Gasteiger partial charge on any atom is 0.282 e. The monoisotopic (exact) mass is 354 g/mol. The summed E-state index contributed by atoms with van der Waals surface area (Å²) in [6.07, 6.45) is 1.81. The fourth-order valence-electron chi connectivity index (χ4n) is 2.98. The van der Waals surface area contributed by atoms with Crippen LogP contribution in [0.2, 0.25) is 0 Å². The number of hydrogen-bond acceptors (Lipinski definition) is 3. The van der Waals surface area contributed by atoms with E-state index in [0.717, 1.165) is 22.6 Å². The van der Waals surface area contributed by atoms with Crippen molar-refractivity contribution in [3.63, 3.8) is 0 Å². The van der Waals surface area contributed by atoms with Gasteiger partial charge in [0.2, 0.25) is 0 Å². The summed E-state index contributed by atoms with van der Waals surface area (Å²) in [7, 11) is 1.62. The maximum absolute atomic E-state index is 13.2. The van der Waals surface area contributed by atoms with Gasteiger partial charge in [0.1, 0.15) is 17.3 Å². The molecule has 1 aliphatic rings. The highest BCUT2D eigenvalue weighted by Crippen LogP contribution is 2.29. The number of anilines is 1. The minimum atomic E-state index is -0.150. The van der Waals surface area contributed by atoms with Crippen molar-refractivity contribution in [2.45, 2.75) is 0 Å². The Morgan fingerprint density at radius 3 is 2.11 bits per heavy atom. The zero-order valence-electron chi connectivity index (χ0n) is 14.9. The number of methoxy groups -OCH3 is 1. The van der Waals surface area contributed by atoms with Crippen molar-refractivity contribution in [1.82, 2.24) is 0 Å². The van der Waals surface area contributed by atoms with Crippen LogP contribution in [0, 0.1) is 0 Å². The van der Waals surface area contributed by atoms with E-state index in [0.29, 0.717) is 11.5 Å². The van der Waals surface area contributed by atoms with Gasteiger partial charge in [0.25, 0.3) is 5.91 Å². The molecule has 1 heterocycles. The van der Waals surface area contributed by atoms with Gasteiger partial charge in [-0.25, -0.2) is 4.99 Å². The Labute approximate surface area is 158 Å². The molecule has 4 rings (SSSR count). The van der Waals surface area contributed by atoms with E-state index in [2.05, 4.69) is 4.99 Å². The molecule has 0 spiro atoms. The van der Waals surface area contributed by atoms with Crippen LogP contribution in [-0.2, 0) is 4.79 Å². The molecule has 3 aromatic rings. The molecule has 0 N–H and O–H groups in total. The quantitative estimate of drug-likeness (QED) is 0.646. The number of carbonyl (C=O) groups is 1. The fourth-order valence-corrected chi connectivity index (χ4v) is 2.98. The Bertz CT molecular complexity index is 1010. The highest BCUT2D eigenvalue weighted by molar-refractivity contribution is 6.33. The van der Waals surface area contributed by atoms with E-state index < -0.39 is 0 Å². The lowest BCUT2D eigenvalue weighted by Crippen LogP contribution is -2.32. The first-order chi connectivity index (χ1) is 13.3. The Kier molecular flexibility index (Phi) is 4.54. The molecule has 3 aromatic carbocycles. The molecule has 27 heavy (non-hydrogen) atoms. The van der Waals surface area contributed by atoms with Gasteiger partial charge in [0.15, 0.2) is 0 Å². The number of amidine groups is 1. The van der Waals surface area contributed by atoms with Gasteiger partial charge in [-0.3, -0.25) is 9.69 Å². The number of carbonyl (C=O) groups excluding carboxylic acids is 1. The molecule has 0 aliphatic carbocycles. The van der Waals surface area contributed by atoms with E-state index in [-0.39, 0.29) is 5.91 Å². The normalized spacial score (nSPS) is 15.1. The minimum Gasteiger partial charge on any atom is -0.497 e. The van der Waals surface area contributed by atoms with Gasteiger partial charge in [-0.1, -0.05) is 60.7 Å². The zero-order valence-corrected chi connectivity index (χ0v) is 14.9. The summed E-state index contributed by atoms with van der Waals surface area (Å²) in [5.74, 6) is 1.21. The molecule has 132 valence electrons. The van der Waals surface area contributed by atoms with Crippen LogP contribution < -0.4 is 9.64 Å². The molecule has 0 unspecified atom stereocenters. The lowest BCUT2D eigenvalue weighted by atomic mass is 10.1. The summed E-state index contributed by atoms with van der Waals surface area (Å²) >= 11 is 0. The lowest BCUT2D eigenvalue weighted by molar-refractivity contribution is -0.113. The molecule has 4 nitrogen and oxygen atoms in total. The fraction of sp³-hybridized carbons (Fsp3) is 0.0435. The average Bonchev–Trinajstić information content (AvgIpc) is 3.05. The average molecular weight is 354 g/mol. The molecule has 4 heteroatoms. The summed E-state index contributed by atoms with van der Waals surface area (Å²) in [4.78, 5) is 19.5. The van der Waals surface area contributed by atoms with Crippen molar-refractivity contribution < 1.29 is 9.53 Å². The van der Waals surface area contributed by atoms with E-state index in [4.69, 9.17) is 4.74 Å². The number of amides is 1. The van der Waals surface area contributed by atoms with Crippen LogP contribution in [0.15, 0.2) is 95.6 Å². The Hall–Kier alpha value is -3.66.